The van der Waals surface area contributed by atoms with Gasteiger partial charge in [-0.2, -0.15) is 0 Å². The van der Waals surface area contributed by atoms with E-state index in [1.54, 1.807) is 5.57 Å². The molecular weight excluding hydrogens is 468 g/mol. The van der Waals surface area contributed by atoms with E-state index in [9.17, 15) is 4.79 Å². The fourth-order valence-electron chi connectivity index (χ4n) is 9.51. The molecule has 3 nitrogen and oxygen atoms in total. The molecule has 218 valence electrons. The van der Waals surface area contributed by atoms with Crippen LogP contribution in [-0.4, -0.2) is 18.9 Å². The summed E-state index contributed by atoms with van der Waals surface area (Å²) in [7, 11) is 0. The molecule has 0 bridgehead atoms. The molecule has 4 aliphatic rings. The monoisotopic (exact) mass is 528 g/mol. The largest absolute Gasteiger partial charge is 0.508 e. The standard InChI is InChI=1S/C35H60O3/c1-7-9-13-26(8-2)24-37-33(36)38-29-19-21-35(6)28(23-29)15-17-30-31-18-16-27(14-11-10-12-25(3)4)34(31,5)22-20-32(30)35/h15,25-27,29-32H,7-14,16-24H2,1-6H3/t26-,27-,29+,30-,31-,32-,34-,35+/m1/s1. The Bertz CT molecular complexity index is 801. The third-order valence-electron chi connectivity index (χ3n) is 12.1. The van der Waals surface area contributed by atoms with Crippen LogP contribution >= 0.6 is 0 Å². The number of rotatable bonds is 12. The van der Waals surface area contributed by atoms with Gasteiger partial charge in [0.2, 0.25) is 0 Å². The van der Waals surface area contributed by atoms with E-state index in [2.05, 4.69) is 47.6 Å². The number of fused-ring (bicyclic) bond motifs is 5. The zero-order valence-corrected chi connectivity index (χ0v) is 25.9. The van der Waals surface area contributed by atoms with Crippen LogP contribution in [0.15, 0.2) is 11.6 Å². The Hall–Kier alpha value is -0.990. The number of hydrogen-bond donors (Lipinski definition) is 0. The SMILES string of the molecule is CCCC[C@@H](CC)COC(=O)O[C@H]1CC[C@@]2(C)C(=CC[C@@H]3[C@H]4CC[C@@H](CCCCC(C)C)[C@@]4(C)CC[C@H]32)C1. The summed E-state index contributed by atoms with van der Waals surface area (Å²) in [5, 5.41) is 0. The van der Waals surface area contributed by atoms with Crippen LogP contribution in [0.1, 0.15) is 144 Å². The van der Waals surface area contributed by atoms with Crippen LogP contribution in [-0.2, 0) is 9.47 Å². The summed E-state index contributed by atoms with van der Waals surface area (Å²) in [6.45, 7) is 14.9. The molecule has 3 saturated carbocycles. The third-order valence-corrected chi connectivity index (χ3v) is 12.1. The van der Waals surface area contributed by atoms with E-state index in [1.807, 2.05) is 0 Å². The lowest BCUT2D eigenvalue weighted by Gasteiger charge is -2.58. The topological polar surface area (TPSA) is 35.5 Å². The Morgan fingerprint density at radius 2 is 1.82 bits per heavy atom. The highest BCUT2D eigenvalue weighted by Gasteiger charge is 2.58. The average molecular weight is 529 g/mol. The van der Waals surface area contributed by atoms with Crippen LogP contribution in [0.4, 0.5) is 4.79 Å². The first-order chi connectivity index (χ1) is 18.2. The lowest BCUT2D eigenvalue weighted by molar-refractivity contribution is -0.0570. The number of ether oxygens (including phenoxy) is 2. The van der Waals surface area contributed by atoms with Crippen molar-refractivity contribution in [1.82, 2.24) is 0 Å². The number of carbonyl (C=O) groups is 1. The Morgan fingerprint density at radius 1 is 1.00 bits per heavy atom. The first kappa shape index (κ1) is 30.0. The van der Waals surface area contributed by atoms with Crippen LogP contribution in [0.3, 0.4) is 0 Å². The molecule has 0 aliphatic heterocycles. The van der Waals surface area contributed by atoms with Crippen molar-refractivity contribution in [1.29, 1.82) is 0 Å². The smallest absolute Gasteiger partial charge is 0.434 e. The summed E-state index contributed by atoms with van der Waals surface area (Å²) in [6, 6.07) is 0. The minimum atomic E-state index is -0.443. The number of unbranched alkanes of at least 4 members (excludes halogenated alkanes) is 2. The van der Waals surface area contributed by atoms with Gasteiger partial charge in [-0.3, -0.25) is 0 Å². The van der Waals surface area contributed by atoms with Gasteiger partial charge in [0.25, 0.3) is 0 Å². The van der Waals surface area contributed by atoms with Crippen molar-refractivity contribution in [2.45, 2.75) is 150 Å². The number of hydrogen-bond acceptors (Lipinski definition) is 3. The van der Waals surface area contributed by atoms with E-state index in [1.165, 1.54) is 70.6 Å². The van der Waals surface area contributed by atoms with Gasteiger partial charge in [0.05, 0.1) is 6.61 Å². The van der Waals surface area contributed by atoms with E-state index in [0.717, 1.165) is 61.7 Å². The average Bonchev–Trinajstić information content (AvgIpc) is 3.23. The molecule has 0 radical (unpaired) electrons. The molecule has 8 atom stereocenters. The van der Waals surface area contributed by atoms with Crippen LogP contribution in [0.2, 0.25) is 0 Å². The highest BCUT2D eigenvalue weighted by Crippen LogP contribution is 2.66. The molecular formula is C35H60O3. The molecule has 38 heavy (non-hydrogen) atoms. The minimum Gasteiger partial charge on any atom is -0.434 e. The third kappa shape index (κ3) is 6.49. The lowest BCUT2D eigenvalue weighted by Crippen LogP contribution is -2.50. The zero-order valence-electron chi connectivity index (χ0n) is 25.9. The van der Waals surface area contributed by atoms with Gasteiger partial charge in [-0.25, -0.2) is 4.79 Å². The van der Waals surface area contributed by atoms with Gasteiger partial charge in [-0.05, 0) is 104 Å². The molecule has 0 aromatic heterocycles. The van der Waals surface area contributed by atoms with Gasteiger partial charge >= 0.3 is 6.16 Å². The summed E-state index contributed by atoms with van der Waals surface area (Å²) in [5.41, 5.74) is 2.46. The number of allylic oxidation sites excluding steroid dienone is 1. The quantitative estimate of drug-likeness (QED) is 0.143. The van der Waals surface area contributed by atoms with Crippen molar-refractivity contribution in [3.8, 4) is 0 Å². The zero-order chi connectivity index (χ0) is 27.3. The van der Waals surface area contributed by atoms with Crippen molar-refractivity contribution in [3.05, 3.63) is 11.6 Å². The van der Waals surface area contributed by atoms with Gasteiger partial charge < -0.3 is 9.47 Å². The summed E-state index contributed by atoms with van der Waals surface area (Å²) >= 11 is 0. The summed E-state index contributed by atoms with van der Waals surface area (Å²) < 4.78 is 11.5. The molecule has 0 aromatic carbocycles. The second-order valence-corrected chi connectivity index (χ2v) is 14.7. The first-order valence-corrected chi connectivity index (χ1v) is 16.7. The van der Waals surface area contributed by atoms with Crippen molar-refractivity contribution < 1.29 is 14.3 Å². The fourth-order valence-corrected chi connectivity index (χ4v) is 9.51. The van der Waals surface area contributed by atoms with Gasteiger partial charge in [-0.1, -0.05) is 91.7 Å². The highest BCUT2D eigenvalue weighted by atomic mass is 16.7. The summed E-state index contributed by atoms with van der Waals surface area (Å²) in [4.78, 5) is 12.5. The van der Waals surface area contributed by atoms with E-state index in [0.29, 0.717) is 23.4 Å². The van der Waals surface area contributed by atoms with Crippen LogP contribution < -0.4 is 0 Å². The maximum atomic E-state index is 12.5. The van der Waals surface area contributed by atoms with E-state index >= 15 is 0 Å². The molecule has 0 saturated heterocycles. The Balaban J connectivity index is 1.31. The summed E-state index contributed by atoms with van der Waals surface area (Å²) in [5.74, 6) is 4.84. The number of carbonyl (C=O) groups excluding carboxylic acids is 1. The van der Waals surface area contributed by atoms with Crippen LogP contribution in [0, 0.1) is 46.3 Å². The van der Waals surface area contributed by atoms with E-state index < -0.39 is 6.16 Å². The molecule has 3 fully saturated rings. The van der Waals surface area contributed by atoms with Gasteiger partial charge in [-0.15, -0.1) is 0 Å². The van der Waals surface area contributed by atoms with Gasteiger partial charge in [0.15, 0.2) is 0 Å². The molecule has 0 heterocycles. The predicted octanol–water partition coefficient (Wildman–Crippen LogP) is 10.5. The Labute approximate surface area is 235 Å². The van der Waals surface area contributed by atoms with E-state index in [-0.39, 0.29) is 6.10 Å². The van der Waals surface area contributed by atoms with Crippen molar-refractivity contribution >= 4 is 6.16 Å². The minimum absolute atomic E-state index is 0.00958. The van der Waals surface area contributed by atoms with Crippen molar-refractivity contribution in [2.75, 3.05) is 6.61 Å². The maximum absolute atomic E-state index is 12.5. The Kier molecular flexibility index (Phi) is 10.3. The van der Waals surface area contributed by atoms with Crippen LogP contribution in [0.5, 0.6) is 0 Å². The molecule has 0 N–H and O–H groups in total. The van der Waals surface area contributed by atoms with E-state index in [4.69, 9.17) is 9.47 Å². The van der Waals surface area contributed by atoms with Crippen LogP contribution in [0.25, 0.3) is 0 Å². The highest BCUT2D eigenvalue weighted by molar-refractivity contribution is 5.60. The molecule has 0 spiro atoms. The molecule has 0 aromatic rings. The van der Waals surface area contributed by atoms with Crippen molar-refractivity contribution in [3.63, 3.8) is 0 Å². The summed E-state index contributed by atoms with van der Waals surface area (Å²) in [6.07, 6.45) is 22.5. The lowest BCUT2D eigenvalue weighted by atomic mass is 9.47. The Morgan fingerprint density at radius 3 is 2.55 bits per heavy atom. The normalized spacial score (nSPS) is 37.1. The fraction of sp³-hybridized carbons (Fsp3) is 0.914. The predicted molar refractivity (Wildman–Crippen MR) is 158 cm³/mol. The second-order valence-electron chi connectivity index (χ2n) is 14.7. The molecule has 0 amide bonds. The first-order valence-electron chi connectivity index (χ1n) is 16.7. The second kappa shape index (κ2) is 13.1. The van der Waals surface area contributed by atoms with Crippen molar-refractivity contribution in [2.24, 2.45) is 46.3 Å². The molecule has 3 heteroatoms. The molecule has 4 aliphatic carbocycles. The van der Waals surface area contributed by atoms with Gasteiger partial charge in [0, 0.05) is 6.42 Å². The molecule has 4 rings (SSSR count). The maximum Gasteiger partial charge on any atom is 0.508 e. The van der Waals surface area contributed by atoms with Gasteiger partial charge in [0.1, 0.15) is 6.10 Å². The molecule has 0 unspecified atom stereocenters.